The molecule has 7 heavy (non-hydrogen) atoms. The fraction of sp³-hybridized carbons (Fsp3) is 0.250. The number of carboxylic acid groups (broad SMARTS) is 1. The third kappa shape index (κ3) is 6.08. The summed E-state index contributed by atoms with van der Waals surface area (Å²) in [5.74, 6) is -0.935. The minimum absolute atomic E-state index is 0. The predicted octanol–water partition coefficient (Wildman–Crippen LogP) is 0.266. The summed E-state index contributed by atoms with van der Waals surface area (Å²) in [5, 5.41) is 7.89. The van der Waals surface area contributed by atoms with Gasteiger partial charge in [0, 0.05) is 31.4 Å². The second-order valence-corrected chi connectivity index (χ2v) is 1.09. The van der Waals surface area contributed by atoms with Gasteiger partial charge in [-0.15, -0.1) is 0 Å². The standard InChI is InChI=1S/C4H6O2.In/c1-3(2)4(5)6;/h1H2,2H3,(H,5,6);. The smallest absolute Gasteiger partial charge is 0.330 e. The molecule has 3 heteroatoms. The molecule has 37 valence electrons. The van der Waals surface area contributed by atoms with E-state index in [4.69, 9.17) is 5.11 Å². The van der Waals surface area contributed by atoms with Crippen LogP contribution >= 0.6 is 0 Å². The largest absolute Gasteiger partial charge is 0.478 e. The van der Waals surface area contributed by atoms with Crippen LogP contribution in [0.1, 0.15) is 6.92 Å². The number of aliphatic carboxylic acids is 1. The Kier molecular flexibility index (Phi) is 6.15. The number of carbonyl (C=O) groups is 1. The fourth-order valence-electron chi connectivity index (χ4n) is 0. The van der Waals surface area contributed by atoms with Crippen molar-refractivity contribution in [3.63, 3.8) is 0 Å². The van der Waals surface area contributed by atoms with Crippen molar-refractivity contribution in [3.8, 4) is 0 Å². The molecule has 0 spiro atoms. The Bertz CT molecular complexity index is 75.7. The molecule has 0 amide bonds. The number of rotatable bonds is 1. The molecule has 0 aliphatic heterocycles. The molecule has 0 saturated heterocycles. The van der Waals surface area contributed by atoms with Crippen molar-refractivity contribution in [1.29, 1.82) is 0 Å². The second-order valence-electron chi connectivity index (χ2n) is 1.09. The van der Waals surface area contributed by atoms with Crippen molar-refractivity contribution in [2.24, 2.45) is 0 Å². The Morgan fingerprint density at radius 3 is 1.86 bits per heavy atom. The zero-order valence-electron chi connectivity index (χ0n) is 4.14. The van der Waals surface area contributed by atoms with Gasteiger partial charge in [0.15, 0.2) is 0 Å². The molecule has 0 aliphatic rings. The Labute approximate surface area is 61.0 Å². The van der Waals surface area contributed by atoms with E-state index in [-0.39, 0.29) is 31.4 Å². The van der Waals surface area contributed by atoms with Crippen molar-refractivity contribution in [1.82, 2.24) is 0 Å². The summed E-state index contributed by atoms with van der Waals surface area (Å²) in [4.78, 5) is 9.60. The molecule has 0 bridgehead atoms. The van der Waals surface area contributed by atoms with Gasteiger partial charge in [0.05, 0.1) is 0 Å². The van der Waals surface area contributed by atoms with Crippen molar-refractivity contribution in [3.05, 3.63) is 12.2 Å². The Hall–Kier alpha value is 0.0801. The van der Waals surface area contributed by atoms with E-state index in [1.807, 2.05) is 0 Å². The van der Waals surface area contributed by atoms with Gasteiger partial charge < -0.3 is 5.11 Å². The quantitative estimate of drug-likeness (QED) is 0.618. The summed E-state index contributed by atoms with van der Waals surface area (Å²) < 4.78 is 0. The van der Waals surface area contributed by atoms with Crippen LogP contribution in [0.3, 0.4) is 0 Å². The van der Waals surface area contributed by atoms with E-state index in [1.54, 1.807) is 0 Å². The van der Waals surface area contributed by atoms with Gasteiger partial charge in [-0.05, 0) is 6.92 Å². The normalized spacial score (nSPS) is 6.43. The molecule has 0 aromatic heterocycles. The second kappa shape index (κ2) is 4.24. The topological polar surface area (TPSA) is 37.3 Å². The molecule has 0 aliphatic carbocycles. The van der Waals surface area contributed by atoms with Crippen LogP contribution in [-0.2, 0) is 4.79 Å². The average molecular weight is 201 g/mol. The summed E-state index contributed by atoms with van der Waals surface area (Å²) in [6.07, 6.45) is 0. The minimum atomic E-state index is -0.935. The monoisotopic (exact) mass is 201 g/mol. The Morgan fingerprint density at radius 1 is 1.71 bits per heavy atom. The molecule has 0 fully saturated rings. The van der Waals surface area contributed by atoms with Crippen LogP contribution in [0, 0.1) is 0 Å². The van der Waals surface area contributed by atoms with Gasteiger partial charge in [0.2, 0.25) is 0 Å². The first kappa shape index (κ1) is 10.1. The molecule has 0 atom stereocenters. The molecule has 3 radical (unpaired) electrons. The van der Waals surface area contributed by atoms with Gasteiger partial charge in [0.1, 0.15) is 0 Å². The van der Waals surface area contributed by atoms with E-state index < -0.39 is 5.97 Å². The van der Waals surface area contributed by atoms with E-state index in [0.29, 0.717) is 0 Å². The fourth-order valence-corrected chi connectivity index (χ4v) is 0. The molecular weight excluding hydrogens is 195 g/mol. The van der Waals surface area contributed by atoms with Crippen LogP contribution < -0.4 is 0 Å². The van der Waals surface area contributed by atoms with Crippen LogP contribution in [0.25, 0.3) is 0 Å². The van der Waals surface area contributed by atoms with Crippen LogP contribution in [0.2, 0.25) is 0 Å². The van der Waals surface area contributed by atoms with Crippen molar-refractivity contribution < 1.29 is 9.90 Å². The zero-order valence-corrected chi connectivity index (χ0v) is 7.44. The van der Waals surface area contributed by atoms with Gasteiger partial charge in [-0.3, -0.25) is 0 Å². The van der Waals surface area contributed by atoms with Crippen molar-refractivity contribution >= 4 is 31.8 Å². The first-order valence-electron chi connectivity index (χ1n) is 1.53. The van der Waals surface area contributed by atoms with E-state index in [1.165, 1.54) is 6.92 Å². The maximum Gasteiger partial charge on any atom is 0.330 e. The molecule has 0 rings (SSSR count). The molecular formula is C4H6InO2. The third-order valence-corrected chi connectivity index (χ3v) is 0.365. The predicted molar refractivity (Wildman–Crippen MR) is 28.2 cm³/mol. The Balaban J connectivity index is 0. The number of carboxylic acids is 1. The van der Waals surface area contributed by atoms with E-state index in [9.17, 15) is 4.79 Å². The minimum Gasteiger partial charge on any atom is -0.478 e. The van der Waals surface area contributed by atoms with Gasteiger partial charge in [-0.2, -0.15) is 0 Å². The van der Waals surface area contributed by atoms with Crippen molar-refractivity contribution in [2.45, 2.75) is 6.92 Å². The molecule has 0 aromatic carbocycles. The number of hydrogen-bond donors (Lipinski definition) is 1. The zero-order chi connectivity index (χ0) is 5.15. The summed E-state index contributed by atoms with van der Waals surface area (Å²) in [7, 11) is 0. The summed E-state index contributed by atoms with van der Waals surface area (Å²) in [6, 6.07) is 0. The molecule has 0 unspecified atom stereocenters. The van der Waals surface area contributed by atoms with Gasteiger partial charge in [0.25, 0.3) is 0 Å². The summed E-state index contributed by atoms with van der Waals surface area (Å²) >= 11 is 0. The SMILES string of the molecule is C=C(C)C(=O)O.[In]. The van der Waals surface area contributed by atoms with E-state index >= 15 is 0 Å². The van der Waals surface area contributed by atoms with Crippen LogP contribution in [-0.4, -0.2) is 36.9 Å². The average Bonchev–Trinajstić information content (AvgIpc) is 1.36. The van der Waals surface area contributed by atoms with E-state index in [0.717, 1.165) is 0 Å². The molecule has 0 saturated carbocycles. The first-order valence-corrected chi connectivity index (χ1v) is 1.53. The first-order chi connectivity index (χ1) is 2.64. The van der Waals surface area contributed by atoms with Crippen LogP contribution in [0.5, 0.6) is 0 Å². The molecule has 1 N–H and O–H groups in total. The van der Waals surface area contributed by atoms with Gasteiger partial charge >= 0.3 is 5.97 Å². The third-order valence-electron chi connectivity index (χ3n) is 0.365. The van der Waals surface area contributed by atoms with Crippen LogP contribution in [0.4, 0.5) is 0 Å². The maximum absolute atomic E-state index is 9.60. The molecule has 0 aromatic rings. The molecule has 2 nitrogen and oxygen atoms in total. The maximum atomic E-state index is 9.60. The summed E-state index contributed by atoms with van der Waals surface area (Å²) in [5.41, 5.74) is 0.176. The van der Waals surface area contributed by atoms with Gasteiger partial charge in [-0.1, -0.05) is 6.58 Å². The van der Waals surface area contributed by atoms with Crippen molar-refractivity contribution in [2.75, 3.05) is 0 Å². The Morgan fingerprint density at radius 2 is 1.86 bits per heavy atom. The van der Waals surface area contributed by atoms with Gasteiger partial charge in [-0.25, -0.2) is 4.79 Å². The summed E-state index contributed by atoms with van der Waals surface area (Å²) in [6.45, 7) is 4.60. The van der Waals surface area contributed by atoms with E-state index in [2.05, 4.69) is 6.58 Å². The molecule has 0 heterocycles. The number of hydrogen-bond acceptors (Lipinski definition) is 1. The van der Waals surface area contributed by atoms with Crippen LogP contribution in [0.15, 0.2) is 12.2 Å².